The summed E-state index contributed by atoms with van der Waals surface area (Å²) in [6.07, 6.45) is 8.11. The minimum absolute atomic E-state index is 0.0621. The van der Waals surface area contributed by atoms with Crippen molar-refractivity contribution in [3.05, 3.63) is 18.5 Å². The highest BCUT2D eigenvalue weighted by molar-refractivity contribution is 5.95. The Morgan fingerprint density at radius 3 is 3.11 bits per heavy atom. The number of ether oxygens (including phenoxy) is 1. The van der Waals surface area contributed by atoms with E-state index in [0.717, 1.165) is 25.9 Å². The fourth-order valence-electron chi connectivity index (χ4n) is 2.33. The highest BCUT2D eigenvalue weighted by Crippen LogP contribution is 2.22. The van der Waals surface area contributed by atoms with E-state index in [1.807, 2.05) is 0 Å². The van der Waals surface area contributed by atoms with E-state index in [1.165, 1.54) is 6.42 Å². The normalized spacial score (nSPS) is 19.1. The van der Waals surface area contributed by atoms with Gasteiger partial charge in [0.05, 0.1) is 23.7 Å². The Bertz CT molecular complexity index is 430. The summed E-state index contributed by atoms with van der Waals surface area (Å²) in [5.41, 5.74) is 7.05. The van der Waals surface area contributed by atoms with E-state index in [0.29, 0.717) is 17.8 Å². The zero-order valence-electron chi connectivity index (χ0n) is 11.3. The van der Waals surface area contributed by atoms with Gasteiger partial charge in [-0.15, -0.1) is 0 Å². The Morgan fingerprint density at radius 1 is 1.58 bits per heavy atom. The summed E-state index contributed by atoms with van der Waals surface area (Å²) in [5, 5.41) is 0. The molecule has 1 saturated heterocycles. The zero-order chi connectivity index (χ0) is 13.7. The van der Waals surface area contributed by atoms with Gasteiger partial charge in [-0.05, 0) is 31.7 Å². The summed E-state index contributed by atoms with van der Waals surface area (Å²) in [6.45, 7) is 0.825. The van der Waals surface area contributed by atoms with Gasteiger partial charge in [0.15, 0.2) is 0 Å². The second kappa shape index (κ2) is 6.52. The lowest BCUT2D eigenvalue weighted by molar-refractivity contribution is -0.119. The van der Waals surface area contributed by atoms with Crippen molar-refractivity contribution in [3.8, 4) is 0 Å². The Hall–Kier alpha value is -1.62. The minimum Gasteiger partial charge on any atom is -0.396 e. The highest BCUT2D eigenvalue weighted by Gasteiger charge is 2.18. The first kappa shape index (κ1) is 13.8. The van der Waals surface area contributed by atoms with Gasteiger partial charge < -0.3 is 15.4 Å². The number of nitrogens with two attached hydrogens (primary N) is 1. The number of nitrogens with zero attached hydrogens (tertiary/aromatic N) is 2. The first-order valence-corrected chi connectivity index (χ1v) is 6.76. The lowest BCUT2D eigenvalue weighted by Gasteiger charge is -2.24. The molecule has 0 spiro atoms. The number of rotatable bonds is 4. The Labute approximate surface area is 113 Å². The van der Waals surface area contributed by atoms with E-state index in [1.54, 1.807) is 30.4 Å². The number of amides is 1. The predicted octanol–water partition coefficient (Wildman–Crippen LogP) is 1.98. The van der Waals surface area contributed by atoms with Crippen LogP contribution in [0, 0.1) is 0 Å². The van der Waals surface area contributed by atoms with Crippen molar-refractivity contribution in [2.75, 3.05) is 24.3 Å². The Kier molecular flexibility index (Phi) is 4.74. The van der Waals surface area contributed by atoms with Crippen LogP contribution in [0.5, 0.6) is 0 Å². The van der Waals surface area contributed by atoms with Crippen LogP contribution in [-0.2, 0) is 9.53 Å². The van der Waals surface area contributed by atoms with Crippen molar-refractivity contribution in [2.45, 2.75) is 38.2 Å². The second-order valence-electron chi connectivity index (χ2n) is 4.91. The molecule has 0 bridgehead atoms. The molecule has 1 amide bonds. The minimum atomic E-state index is 0.0621. The third kappa shape index (κ3) is 3.67. The molecule has 5 nitrogen and oxygen atoms in total. The predicted molar refractivity (Wildman–Crippen MR) is 74.9 cm³/mol. The van der Waals surface area contributed by atoms with Crippen LogP contribution < -0.4 is 10.6 Å². The molecule has 0 aromatic carbocycles. The average Bonchev–Trinajstić information content (AvgIpc) is 2.45. The molecule has 0 saturated carbocycles. The standard InChI is InChI=1S/C14H21N3O2/c1-17(13-7-8-16-10-12(13)15)14(18)6-5-11-4-2-3-9-19-11/h7-8,10-11H,2-6,9,15H2,1H3. The fourth-order valence-corrected chi connectivity index (χ4v) is 2.33. The fraction of sp³-hybridized carbons (Fsp3) is 0.571. The Balaban J connectivity index is 1.87. The van der Waals surface area contributed by atoms with E-state index in [4.69, 9.17) is 10.5 Å². The van der Waals surface area contributed by atoms with E-state index in [2.05, 4.69) is 4.98 Å². The van der Waals surface area contributed by atoms with Crippen molar-refractivity contribution in [1.29, 1.82) is 0 Å². The molecule has 104 valence electrons. The largest absolute Gasteiger partial charge is 0.396 e. The zero-order valence-corrected chi connectivity index (χ0v) is 11.3. The van der Waals surface area contributed by atoms with Crippen molar-refractivity contribution in [1.82, 2.24) is 4.98 Å². The monoisotopic (exact) mass is 263 g/mol. The molecule has 19 heavy (non-hydrogen) atoms. The number of hydrogen-bond acceptors (Lipinski definition) is 4. The maximum Gasteiger partial charge on any atom is 0.226 e. The van der Waals surface area contributed by atoms with E-state index < -0.39 is 0 Å². The van der Waals surface area contributed by atoms with Crippen molar-refractivity contribution >= 4 is 17.3 Å². The lowest BCUT2D eigenvalue weighted by atomic mass is 10.0. The molecule has 1 fully saturated rings. The first-order chi connectivity index (χ1) is 9.18. The van der Waals surface area contributed by atoms with E-state index in [-0.39, 0.29) is 12.0 Å². The van der Waals surface area contributed by atoms with Gasteiger partial charge in [-0.2, -0.15) is 0 Å². The summed E-state index contributed by atoms with van der Waals surface area (Å²) >= 11 is 0. The highest BCUT2D eigenvalue weighted by atomic mass is 16.5. The van der Waals surface area contributed by atoms with Crippen molar-refractivity contribution < 1.29 is 9.53 Å². The van der Waals surface area contributed by atoms with Crippen molar-refractivity contribution in [2.24, 2.45) is 0 Å². The number of carbonyl (C=O) groups is 1. The number of pyridine rings is 1. The summed E-state index contributed by atoms with van der Waals surface area (Å²) in [5.74, 6) is 0.0621. The maximum atomic E-state index is 12.1. The summed E-state index contributed by atoms with van der Waals surface area (Å²) in [7, 11) is 1.75. The maximum absolute atomic E-state index is 12.1. The van der Waals surface area contributed by atoms with Gasteiger partial charge in [-0.25, -0.2) is 0 Å². The lowest BCUT2D eigenvalue weighted by Crippen LogP contribution is -2.29. The smallest absolute Gasteiger partial charge is 0.226 e. The molecule has 1 unspecified atom stereocenters. The first-order valence-electron chi connectivity index (χ1n) is 6.76. The number of aromatic nitrogens is 1. The summed E-state index contributed by atoms with van der Waals surface area (Å²) in [6, 6.07) is 1.75. The van der Waals surface area contributed by atoms with Crippen LogP contribution >= 0.6 is 0 Å². The van der Waals surface area contributed by atoms with Crippen LogP contribution in [0.2, 0.25) is 0 Å². The van der Waals surface area contributed by atoms with Crippen LogP contribution in [0.25, 0.3) is 0 Å². The number of nitrogen functional groups attached to an aromatic ring is 1. The van der Waals surface area contributed by atoms with E-state index in [9.17, 15) is 4.79 Å². The molecule has 2 rings (SSSR count). The number of carbonyl (C=O) groups excluding carboxylic acids is 1. The number of anilines is 2. The Morgan fingerprint density at radius 2 is 2.42 bits per heavy atom. The molecular weight excluding hydrogens is 242 g/mol. The molecular formula is C14H21N3O2. The van der Waals surface area contributed by atoms with Gasteiger partial charge in [0.1, 0.15) is 0 Å². The van der Waals surface area contributed by atoms with Crippen LogP contribution in [0.4, 0.5) is 11.4 Å². The van der Waals surface area contributed by atoms with Crippen LogP contribution in [0.1, 0.15) is 32.1 Å². The third-order valence-electron chi connectivity index (χ3n) is 3.52. The molecule has 2 heterocycles. The van der Waals surface area contributed by atoms with Gasteiger partial charge in [0.2, 0.25) is 5.91 Å². The number of hydrogen-bond donors (Lipinski definition) is 1. The molecule has 1 aliphatic rings. The van der Waals surface area contributed by atoms with Gasteiger partial charge in [-0.1, -0.05) is 0 Å². The average molecular weight is 263 g/mol. The van der Waals surface area contributed by atoms with Crippen LogP contribution in [0.3, 0.4) is 0 Å². The quantitative estimate of drug-likeness (QED) is 0.901. The molecule has 0 radical (unpaired) electrons. The SMILES string of the molecule is CN(C(=O)CCC1CCCCO1)c1ccncc1N. The van der Waals surface area contributed by atoms with Gasteiger partial charge >= 0.3 is 0 Å². The summed E-state index contributed by atoms with van der Waals surface area (Å²) in [4.78, 5) is 17.7. The van der Waals surface area contributed by atoms with Gasteiger partial charge in [-0.3, -0.25) is 9.78 Å². The van der Waals surface area contributed by atoms with Crippen LogP contribution in [-0.4, -0.2) is 30.6 Å². The molecule has 0 aliphatic carbocycles. The molecule has 1 aromatic rings. The molecule has 1 aromatic heterocycles. The second-order valence-corrected chi connectivity index (χ2v) is 4.91. The van der Waals surface area contributed by atoms with Crippen LogP contribution in [0.15, 0.2) is 18.5 Å². The van der Waals surface area contributed by atoms with E-state index >= 15 is 0 Å². The van der Waals surface area contributed by atoms with Gasteiger partial charge in [0.25, 0.3) is 0 Å². The summed E-state index contributed by atoms with van der Waals surface area (Å²) < 4.78 is 5.63. The third-order valence-corrected chi connectivity index (χ3v) is 3.52. The molecule has 1 aliphatic heterocycles. The molecule has 5 heteroatoms. The topological polar surface area (TPSA) is 68.5 Å². The molecule has 2 N–H and O–H groups in total. The molecule has 1 atom stereocenters. The van der Waals surface area contributed by atoms with Crippen molar-refractivity contribution in [3.63, 3.8) is 0 Å². The van der Waals surface area contributed by atoms with Gasteiger partial charge in [0, 0.05) is 26.3 Å².